The fraction of sp³-hybridized carbons (Fsp3) is 0.833. The molecule has 0 amide bonds. The van der Waals surface area contributed by atoms with Crippen molar-refractivity contribution >= 4 is 37.2 Å². The molecule has 0 radical (unpaired) electrons. The van der Waals surface area contributed by atoms with Crippen LogP contribution >= 0.6 is 0 Å². The number of carbonyl (C=O) groups excluding carboxylic acids is 2. The first-order valence-corrected chi connectivity index (χ1v) is 7.93. The first kappa shape index (κ1) is 28.0. The van der Waals surface area contributed by atoms with E-state index in [0.29, 0.717) is 0 Å². The molecule has 11 heteroatoms. The largest absolute Gasteiger partial charge is 4.00 e. The van der Waals surface area contributed by atoms with Crippen LogP contribution in [0.4, 0.5) is 0 Å². The molecule has 1 saturated carbocycles. The molecular weight excluding hydrogens is 523 g/mol. The van der Waals surface area contributed by atoms with E-state index in [-0.39, 0.29) is 44.7 Å². The van der Waals surface area contributed by atoms with Crippen molar-refractivity contribution in [2.75, 3.05) is 11.5 Å². The quantitative estimate of drug-likeness (QED) is 0.250. The van der Waals surface area contributed by atoms with E-state index >= 15 is 0 Å². The second kappa shape index (κ2) is 17.0. The summed E-state index contributed by atoms with van der Waals surface area (Å²) in [6.45, 7) is 0. The Morgan fingerprint density at radius 2 is 1.17 bits per heavy atom. The summed E-state index contributed by atoms with van der Waals surface area (Å²) >= 11 is 8.61. The Morgan fingerprint density at radius 3 is 1.26 bits per heavy atom. The second-order valence-corrected chi connectivity index (χ2v) is 5.46. The predicted molar refractivity (Wildman–Crippen MR) is 84.8 cm³/mol. The van der Waals surface area contributed by atoms with Crippen LogP contribution < -0.4 is 33.1 Å². The Balaban J connectivity index is -0.000000257. The molecule has 4 atom stereocenters. The van der Waals surface area contributed by atoms with Crippen molar-refractivity contribution in [2.45, 2.75) is 49.9 Å². The number of hydrogen-bond acceptors (Lipinski definition) is 10. The summed E-state index contributed by atoms with van der Waals surface area (Å²) in [4.78, 5) is 19.3. The molecule has 8 nitrogen and oxygen atoms in total. The standard InChI is InChI=1S/C6H14N2.2C3H7NO2S.Pt/c7-5-3-1-2-4-6(5)8;2*4-2(1-7)3(5)6;/h5-6H,1-4,7-8H2;2*2,7H,1,4H2,(H,5,6);/q;;;+4/p-4/t5-,6-;2*2-;/m100./s1. The van der Waals surface area contributed by atoms with Gasteiger partial charge in [0.2, 0.25) is 0 Å². The zero-order valence-corrected chi connectivity index (χ0v) is 16.5. The van der Waals surface area contributed by atoms with Crippen LogP contribution in [0.15, 0.2) is 0 Å². The molecule has 1 fully saturated rings. The summed E-state index contributed by atoms with van der Waals surface area (Å²) in [6.07, 6.45) is 4.80. The summed E-state index contributed by atoms with van der Waals surface area (Å²) in [7, 11) is 0. The van der Waals surface area contributed by atoms with Crippen LogP contribution in [0.2, 0.25) is 0 Å². The van der Waals surface area contributed by atoms with Gasteiger partial charge in [0.1, 0.15) is 0 Å². The Labute approximate surface area is 162 Å². The van der Waals surface area contributed by atoms with E-state index in [9.17, 15) is 19.8 Å². The Morgan fingerprint density at radius 1 is 0.913 bits per heavy atom. The smallest absolute Gasteiger partial charge is 0.791 e. The molecule has 1 aliphatic rings. The van der Waals surface area contributed by atoms with Gasteiger partial charge < -0.3 is 68.0 Å². The molecule has 0 spiro atoms. The van der Waals surface area contributed by atoms with Crippen LogP contribution in [0.5, 0.6) is 0 Å². The number of rotatable bonds is 4. The minimum atomic E-state index is -1.28. The summed E-state index contributed by atoms with van der Waals surface area (Å²) in [5, 5.41) is 19.3. The number of aliphatic carboxylic acids is 2. The Bertz CT molecular complexity index is 299. The van der Waals surface area contributed by atoms with Gasteiger partial charge in [-0.1, -0.05) is 12.8 Å². The van der Waals surface area contributed by atoms with E-state index < -0.39 is 24.0 Å². The summed E-state index contributed by atoms with van der Waals surface area (Å²) in [6, 6.07) is -1.39. The second-order valence-electron chi connectivity index (χ2n) is 4.80. The van der Waals surface area contributed by atoms with Gasteiger partial charge in [0.05, 0.1) is 11.9 Å². The normalized spacial score (nSPS) is 22.0. The van der Waals surface area contributed by atoms with Crippen molar-refractivity contribution < 1.29 is 40.9 Å². The summed E-state index contributed by atoms with van der Waals surface area (Å²) in [5.41, 5.74) is 21.0. The third-order valence-corrected chi connectivity index (χ3v) is 3.56. The molecule has 0 heterocycles. The van der Waals surface area contributed by atoms with Crippen molar-refractivity contribution in [1.82, 2.24) is 0 Å². The van der Waals surface area contributed by atoms with Gasteiger partial charge in [0.25, 0.3) is 0 Å². The van der Waals surface area contributed by atoms with E-state index in [1.54, 1.807) is 0 Å². The van der Waals surface area contributed by atoms with Gasteiger partial charge in [-0.05, 0) is 12.8 Å². The fourth-order valence-corrected chi connectivity index (χ4v) is 1.60. The fourth-order valence-electron chi connectivity index (χ4n) is 1.32. The van der Waals surface area contributed by atoms with Crippen molar-refractivity contribution in [3.8, 4) is 0 Å². The van der Waals surface area contributed by atoms with E-state index in [2.05, 4.69) is 25.3 Å². The van der Waals surface area contributed by atoms with Gasteiger partial charge in [-0.3, -0.25) is 0 Å². The molecule has 1 aliphatic carbocycles. The maximum atomic E-state index is 9.63. The van der Waals surface area contributed by atoms with Gasteiger partial charge in [-0.2, -0.15) is 11.5 Å². The number of hydrogen-bond donors (Lipinski definition) is 4. The van der Waals surface area contributed by atoms with Crippen molar-refractivity contribution in [1.29, 1.82) is 0 Å². The molecule has 23 heavy (non-hydrogen) atoms. The molecule has 138 valence electrons. The van der Waals surface area contributed by atoms with Crippen molar-refractivity contribution in [3.05, 3.63) is 0 Å². The summed E-state index contributed by atoms with van der Waals surface area (Å²) < 4.78 is 0. The molecule has 0 aromatic rings. The van der Waals surface area contributed by atoms with Crippen LogP contribution in [0.3, 0.4) is 0 Å². The average Bonchev–Trinajstić information content (AvgIpc) is 2.49. The minimum Gasteiger partial charge on any atom is -0.791 e. The predicted octanol–water partition coefficient (Wildman–Crippen LogP) is -4.57. The van der Waals surface area contributed by atoms with Crippen molar-refractivity contribution in [2.24, 2.45) is 22.9 Å². The molecule has 0 bridgehead atoms. The number of carboxylic acids is 2. The Kier molecular flexibility index (Phi) is 20.7. The van der Waals surface area contributed by atoms with Crippen LogP contribution in [0.25, 0.3) is 0 Å². The van der Waals surface area contributed by atoms with Crippen LogP contribution in [-0.2, 0) is 55.9 Å². The maximum absolute atomic E-state index is 9.63. The Hall–Kier alpha value is 0.168. The number of carbonyl (C=O) groups is 2. The monoisotopic (exact) mass is 547 g/mol. The zero-order valence-electron chi connectivity index (χ0n) is 12.6. The molecule has 0 aliphatic heterocycles. The van der Waals surface area contributed by atoms with Crippen molar-refractivity contribution in [3.63, 3.8) is 0 Å². The minimum absolute atomic E-state index is 0. The summed E-state index contributed by atoms with van der Waals surface area (Å²) in [5.74, 6) is -2.53. The first-order chi connectivity index (χ1) is 10.2. The van der Waals surface area contributed by atoms with Crippen LogP contribution in [0.1, 0.15) is 25.7 Å². The number of nitrogens with two attached hydrogens (primary N) is 4. The average molecular weight is 548 g/mol. The third kappa shape index (κ3) is 16.8. The van der Waals surface area contributed by atoms with Gasteiger partial charge in [0, 0.05) is 24.2 Å². The maximum Gasteiger partial charge on any atom is 4.00 e. The van der Waals surface area contributed by atoms with Gasteiger partial charge >= 0.3 is 21.1 Å². The van der Waals surface area contributed by atoms with E-state index in [1.165, 1.54) is 12.8 Å². The number of carboxylic acid groups (broad SMARTS) is 2. The van der Waals surface area contributed by atoms with Gasteiger partial charge in [0.15, 0.2) is 0 Å². The van der Waals surface area contributed by atoms with E-state index in [0.717, 1.165) is 12.8 Å². The van der Waals surface area contributed by atoms with Gasteiger partial charge in [-0.25, -0.2) is 0 Å². The molecule has 0 unspecified atom stereocenters. The molecule has 0 aromatic carbocycles. The molecule has 0 aromatic heterocycles. The van der Waals surface area contributed by atoms with E-state index in [4.69, 9.17) is 22.9 Å². The molecular formula is C12H24N4O4PtS2. The first-order valence-electron chi connectivity index (χ1n) is 6.77. The molecule has 8 N–H and O–H groups in total. The van der Waals surface area contributed by atoms with E-state index in [1.807, 2.05) is 0 Å². The molecule has 1 rings (SSSR count). The zero-order chi connectivity index (χ0) is 17.7. The molecule has 0 saturated heterocycles. The third-order valence-electron chi connectivity index (χ3n) is 2.84. The SMILES string of the molecule is N[C@@H](C[S-])C(=O)[O-].N[C@@H](C[S-])C(=O)[O-].N[C@@H]1CCCC[C@H]1N.[Pt+4]. The van der Waals surface area contributed by atoms with Crippen LogP contribution in [-0.4, -0.2) is 47.6 Å². The van der Waals surface area contributed by atoms with Crippen LogP contribution in [0, 0.1) is 0 Å². The van der Waals surface area contributed by atoms with Gasteiger partial charge in [-0.15, -0.1) is 0 Å². The topological polar surface area (TPSA) is 184 Å².